The van der Waals surface area contributed by atoms with E-state index in [0.717, 1.165) is 0 Å². The third-order valence-electron chi connectivity index (χ3n) is 2.69. The average Bonchev–Trinajstić information content (AvgIpc) is 3.00. The Morgan fingerprint density at radius 2 is 1.86 bits per heavy atom. The zero-order chi connectivity index (χ0) is 15.1. The van der Waals surface area contributed by atoms with Crippen molar-refractivity contribution in [3.05, 3.63) is 48.4 Å². The number of nitrogens with one attached hydrogen (secondary N) is 2. The molecule has 1 aromatic heterocycles. The lowest BCUT2D eigenvalue weighted by molar-refractivity contribution is -0.116. The molecule has 21 heavy (non-hydrogen) atoms. The van der Waals surface area contributed by atoms with Crippen LogP contribution in [0, 0.1) is 0 Å². The number of alkyl halides is 1. The van der Waals surface area contributed by atoms with E-state index in [2.05, 4.69) is 10.6 Å². The smallest absolute Gasteiger partial charge is 0.291 e. The number of hydrogen-bond donors (Lipinski definition) is 2. The summed E-state index contributed by atoms with van der Waals surface area (Å²) in [5.41, 5.74) is 1.19. The van der Waals surface area contributed by atoms with E-state index in [1.807, 2.05) is 0 Å². The molecule has 6 heteroatoms. The molecule has 0 fully saturated rings. The standard InChI is InChI=1S/C15H15ClN2O3/c16-8-2-7-14(19)17-11-4-1-5-12(10-11)18-15(20)13-6-3-9-21-13/h1,3-6,9-10H,2,7-8H2,(H,17,19)(H,18,20). The second-order valence-electron chi connectivity index (χ2n) is 4.35. The van der Waals surface area contributed by atoms with Gasteiger partial charge in [-0.15, -0.1) is 11.6 Å². The van der Waals surface area contributed by atoms with Gasteiger partial charge in [-0.2, -0.15) is 0 Å². The number of carbonyl (C=O) groups excluding carboxylic acids is 2. The first kappa shape index (κ1) is 15.1. The van der Waals surface area contributed by atoms with Gasteiger partial charge in [0.25, 0.3) is 5.91 Å². The van der Waals surface area contributed by atoms with Crippen molar-refractivity contribution >= 4 is 34.8 Å². The molecule has 0 radical (unpaired) electrons. The molecule has 0 aliphatic carbocycles. The highest BCUT2D eigenvalue weighted by Crippen LogP contribution is 2.16. The SMILES string of the molecule is O=C(CCCCl)Nc1cccc(NC(=O)c2ccco2)c1. The van der Waals surface area contributed by atoms with Gasteiger partial charge in [0.2, 0.25) is 5.91 Å². The fourth-order valence-electron chi connectivity index (χ4n) is 1.73. The highest BCUT2D eigenvalue weighted by molar-refractivity contribution is 6.18. The van der Waals surface area contributed by atoms with Crippen LogP contribution in [0.25, 0.3) is 0 Å². The molecule has 0 aliphatic heterocycles. The van der Waals surface area contributed by atoms with Crippen LogP contribution in [0.1, 0.15) is 23.4 Å². The third kappa shape index (κ3) is 4.65. The molecule has 0 aliphatic rings. The van der Waals surface area contributed by atoms with Crippen molar-refractivity contribution in [3.8, 4) is 0 Å². The molecule has 0 unspecified atom stereocenters. The second-order valence-corrected chi connectivity index (χ2v) is 4.73. The summed E-state index contributed by atoms with van der Waals surface area (Å²) in [5.74, 6) is 0.231. The van der Waals surface area contributed by atoms with Gasteiger partial charge in [-0.3, -0.25) is 9.59 Å². The van der Waals surface area contributed by atoms with Gasteiger partial charge < -0.3 is 15.1 Å². The Labute approximate surface area is 127 Å². The summed E-state index contributed by atoms with van der Waals surface area (Å²) in [6, 6.07) is 10.1. The number of halogens is 1. The molecule has 0 spiro atoms. The molecule has 0 atom stereocenters. The molecule has 110 valence electrons. The first-order valence-electron chi connectivity index (χ1n) is 6.50. The van der Waals surface area contributed by atoms with Crippen molar-refractivity contribution in [2.75, 3.05) is 16.5 Å². The summed E-state index contributed by atoms with van der Waals surface area (Å²) in [4.78, 5) is 23.5. The normalized spacial score (nSPS) is 10.1. The first-order valence-corrected chi connectivity index (χ1v) is 7.03. The number of carbonyl (C=O) groups is 2. The summed E-state index contributed by atoms with van der Waals surface area (Å²) in [5, 5.41) is 5.45. The van der Waals surface area contributed by atoms with Gasteiger partial charge in [-0.25, -0.2) is 0 Å². The van der Waals surface area contributed by atoms with Crippen molar-refractivity contribution < 1.29 is 14.0 Å². The monoisotopic (exact) mass is 306 g/mol. The fourth-order valence-corrected chi connectivity index (χ4v) is 1.86. The van der Waals surface area contributed by atoms with Crippen LogP contribution in [0.15, 0.2) is 47.1 Å². The van der Waals surface area contributed by atoms with Crippen molar-refractivity contribution in [1.82, 2.24) is 0 Å². The number of benzene rings is 1. The van der Waals surface area contributed by atoms with Crippen molar-refractivity contribution in [2.24, 2.45) is 0 Å². The van der Waals surface area contributed by atoms with Crippen molar-refractivity contribution in [1.29, 1.82) is 0 Å². The Hall–Kier alpha value is -2.27. The van der Waals surface area contributed by atoms with Crippen LogP contribution >= 0.6 is 11.6 Å². The zero-order valence-electron chi connectivity index (χ0n) is 11.3. The number of amides is 2. The van der Waals surface area contributed by atoms with Crippen LogP contribution in [0.5, 0.6) is 0 Å². The molecule has 2 N–H and O–H groups in total. The van der Waals surface area contributed by atoms with E-state index in [9.17, 15) is 9.59 Å². The van der Waals surface area contributed by atoms with Gasteiger partial charge in [0, 0.05) is 23.7 Å². The largest absolute Gasteiger partial charge is 0.459 e. The lowest BCUT2D eigenvalue weighted by Crippen LogP contribution is -2.13. The van der Waals surface area contributed by atoms with Crippen LogP contribution in [-0.2, 0) is 4.79 Å². The van der Waals surface area contributed by atoms with E-state index in [1.54, 1.807) is 36.4 Å². The molecule has 0 saturated carbocycles. The fraction of sp³-hybridized carbons (Fsp3) is 0.200. The summed E-state index contributed by atoms with van der Waals surface area (Å²) >= 11 is 5.54. The maximum atomic E-state index is 11.8. The highest BCUT2D eigenvalue weighted by Gasteiger charge is 2.09. The number of hydrogen-bond acceptors (Lipinski definition) is 3. The molecule has 0 bridgehead atoms. The zero-order valence-corrected chi connectivity index (χ0v) is 12.0. The lowest BCUT2D eigenvalue weighted by Gasteiger charge is -2.08. The summed E-state index contributed by atoms with van der Waals surface area (Å²) < 4.78 is 5.01. The summed E-state index contributed by atoms with van der Waals surface area (Å²) in [7, 11) is 0. The molecular formula is C15H15ClN2O3. The molecular weight excluding hydrogens is 292 g/mol. The summed E-state index contributed by atoms with van der Waals surface area (Å²) in [6.07, 6.45) is 2.43. The van der Waals surface area contributed by atoms with Crippen LogP contribution < -0.4 is 10.6 Å². The van der Waals surface area contributed by atoms with Gasteiger partial charge in [-0.05, 0) is 36.8 Å². The topological polar surface area (TPSA) is 71.3 Å². The van der Waals surface area contributed by atoms with Crippen molar-refractivity contribution in [2.45, 2.75) is 12.8 Å². The molecule has 2 aromatic rings. The first-order chi connectivity index (χ1) is 10.2. The van der Waals surface area contributed by atoms with Crippen LogP contribution in [0.2, 0.25) is 0 Å². The molecule has 1 heterocycles. The van der Waals surface area contributed by atoms with Gasteiger partial charge in [0.15, 0.2) is 5.76 Å². The van der Waals surface area contributed by atoms with E-state index in [1.165, 1.54) is 6.26 Å². The van der Waals surface area contributed by atoms with Gasteiger partial charge in [0.05, 0.1) is 6.26 Å². The minimum absolute atomic E-state index is 0.106. The van der Waals surface area contributed by atoms with E-state index >= 15 is 0 Å². The minimum atomic E-state index is -0.342. The molecule has 2 amide bonds. The Morgan fingerprint density at radius 3 is 2.52 bits per heavy atom. The van der Waals surface area contributed by atoms with E-state index in [0.29, 0.717) is 30.1 Å². The number of rotatable bonds is 6. The highest BCUT2D eigenvalue weighted by atomic mass is 35.5. The van der Waals surface area contributed by atoms with E-state index in [-0.39, 0.29) is 17.6 Å². The Kier molecular flexibility index (Phi) is 5.40. The van der Waals surface area contributed by atoms with Crippen LogP contribution in [0.3, 0.4) is 0 Å². The Morgan fingerprint density at radius 1 is 1.10 bits per heavy atom. The second kappa shape index (κ2) is 7.50. The lowest BCUT2D eigenvalue weighted by atomic mass is 10.2. The molecule has 1 aromatic carbocycles. The van der Waals surface area contributed by atoms with Crippen LogP contribution in [0.4, 0.5) is 11.4 Å². The van der Waals surface area contributed by atoms with Gasteiger partial charge in [0.1, 0.15) is 0 Å². The van der Waals surface area contributed by atoms with Crippen LogP contribution in [-0.4, -0.2) is 17.7 Å². The predicted molar refractivity (Wildman–Crippen MR) is 81.7 cm³/mol. The maximum Gasteiger partial charge on any atom is 0.291 e. The molecule has 5 nitrogen and oxygen atoms in total. The number of anilines is 2. The quantitative estimate of drug-likeness (QED) is 0.802. The minimum Gasteiger partial charge on any atom is -0.459 e. The Balaban J connectivity index is 1.97. The Bertz CT molecular complexity index is 611. The van der Waals surface area contributed by atoms with Gasteiger partial charge in [-0.1, -0.05) is 6.07 Å². The summed E-state index contributed by atoms with van der Waals surface area (Å²) in [6.45, 7) is 0. The van der Waals surface area contributed by atoms with Gasteiger partial charge >= 0.3 is 0 Å². The average molecular weight is 307 g/mol. The molecule has 2 rings (SSSR count). The van der Waals surface area contributed by atoms with Crippen molar-refractivity contribution in [3.63, 3.8) is 0 Å². The van der Waals surface area contributed by atoms with E-state index < -0.39 is 0 Å². The predicted octanol–water partition coefficient (Wildman–Crippen LogP) is 3.49. The third-order valence-corrected chi connectivity index (χ3v) is 2.95. The maximum absolute atomic E-state index is 11.8. The number of furan rings is 1. The molecule has 0 saturated heterocycles. The van der Waals surface area contributed by atoms with E-state index in [4.69, 9.17) is 16.0 Å².